The van der Waals surface area contributed by atoms with Gasteiger partial charge in [-0.3, -0.25) is 19.2 Å². The van der Waals surface area contributed by atoms with Crippen LogP contribution < -0.4 is 29.4 Å². The summed E-state index contributed by atoms with van der Waals surface area (Å²) in [5.74, 6) is -0.0883. The maximum atomic E-state index is 12.3. The molecule has 0 saturated heterocycles. The first kappa shape index (κ1) is 40.8. The maximum Gasteiger partial charge on any atom is 0.223 e. The fourth-order valence-electron chi connectivity index (χ4n) is 7.12. The summed E-state index contributed by atoms with van der Waals surface area (Å²) >= 11 is 0. The van der Waals surface area contributed by atoms with E-state index >= 15 is 0 Å². The molecule has 5 aromatic rings. The van der Waals surface area contributed by atoms with E-state index in [1.165, 1.54) is 0 Å². The van der Waals surface area contributed by atoms with Crippen molar-refractivity contribution in [3.63, 3.8) is 0 Å². The van der Waals surface area contributed by atoms with E-state index in [-0.39, 0.29) is 23.6 Å². The van der Waals surface area contributed by atoms with Gasteiger partial charge in [-0.15, -0.1) is 0 Å². The zero-order valence-corrected chi connectivity index (χ0v) is 33.7. The molecule has 4 amide bonds. The van der Waals surface area contributed by atoms with Gasteiger partial charge in [0.2, 0.25) is 23.6 Å². The van der Waals surface area contributed by atoms with Crippen molar-refractivity contribution >= 4 is 80.5 Å². The molecule has 0 aliphatic carbocycles. The van der Waals surface area contributed by atoms with Crippen molar-refractivity contribution in [2.24, 2.45) is 0 Å². The summed E-state index contributed by atoms with van der Waals surface area (Å²) in [5, 5.41) is 0. The molecule has 0 heterocycles. The van der Waals surface area contributed by atoms with Gasteiger partial charge in [0.05, 0.1) is 0 Å². The van der Waals surface area contributed by atoms with E-state index in [1.54, 1.807) is 47.3 Å². The van der Waals surface area contributed by atoms with Crippen molar-refractivity contribution in [2.75, 3.05) is 55.6 Å². The first-order valence-corrected chi connectivity index (χ1v) is 19.1. The molecule has 0 saturated carbocycles. The second-order valence-electron chi connectivity index (χ2n) is 13.3. The Morgan fingerprint density at radius 1 is 0.286 bits per heavy atom. The maximum absolute atomic E-state index is 12.3. The molecule has 5 aromatic carbocycles. The number of hydrogen-bond acceptors (Lipinski definition) is 6. The lowest BCUT2D eigenvalue weighted by Gasteiger charge is -2.30. The number of carbonyl (C=O) groups excluding carboxylic acids is 4. The van der Waals surface area contributed by atoms with Crippen molar-refractivity contribution in [1.29, 1.82) is 0 Å². The number of nitrogens with zero attached hydrogens (tertiary/aromatic N) is 6. The molecule has 0 aliphatic heterocycles. The molecule has 10 nitrogen and oxygen atoms in total. The van der Waals surface area contributed by atoms with E-state index in [4.69, 9.17) is 0 Å². The number of amides is 4. The number of rotatable bonds is 14. The van der Waals surface area contributed by atoms with E-state index in [2.05, 4.69) is 34.1 Å². The molecule has 0 fully saturated rings. The number of carbonyl (C=O) groups is 4. The lowest BCUT2D eigenvalue weighted by atomic mass is 10.1. The first-order valence-electron chi connectivity index (χ1n) is 19.1. The highest BCUT2D eigenvalue weighted by Gasteiger charge is 2.20. The fourth-order valence-corrected chi connectivity index (χ4v) is 7.12. The van der Waals surface area contributed by atoms with Crippen LogP contribution in [-0.4, -0.2) is 49.8 Å². The molecule has 0 radical (unpaired) electrons. The highest BCUT2D eigenvalue weighted by molar-refractivity contribution is 5.94. The SMILES string of the molecule is CCN(C(C)=O)c1ccc(N(c2ccc(N(CC)C(C)=O)cc2)c2ccc(N(c3ccc(N(CC)C(C)=O)cc3)c3ccc(N(CC)C(C)=O)cc3)cc2)cc1. The molecular formula is C46H52N6O4. The Balaban J connectivity index is 1.60. The molecule has 0 N–H and O–H groups in total. The van der Waals surface area contributed by atoms with Gasteiger partial charge in [0, 0.05) is 111 Å². The Hall–Kier alpha value is -6.42. The summed E-state index contributed by atoms with van der Waals surface area (Å²) in [6, 6.07) is 40.0. The lowest BCUT2D eigenvalue weighted by molar-refractivity contribution is -0.117. The average molecular weight is 753 g/mol. The van der Waals surface area contributed by atoms with Gasteiger partial charge in [-0.05, 0) is 149 Å². The Kier molecular flexibility index (Phi) is 13.3. The van der Waals surface area contributed by atoms with E-state index in [1.807, 2.05) is 125 Å². The molecule has 5 rings (SSSR count). The zero-order chi connectivity index (χ0) is 40.5. The van der Waals surface area contributed by atoms with Gasteiger partial charge in [0.15, 0.2) is 0 Å². The van der Waals surface area contributed by atoms with Gasteiger partial charge in [-0.1, -0.05) is 0 Å². The Morgan fingerprint density at radius 2 is 0.411 bits per heavy atom. The van der Waals surface area contributed by atoms with Crippen LogP contribution in [0.3, 0.4) is 0 Å². The minimum atomic E-state index is -0.0221. The van der Waals surface area contributed by atoms with Crippen LogP contribution in [0.25, 0.3) is 0 Å². The summed E-state index contributed by atoms with van der Waals surface area (Å²) in [5.41, 5.74) is 8.66. The van der Waals surface area contributed by atoms with Crippen LogP contribution in [0, 0.1) is 0 Å². The quantitative estimate of drug-likeness (QED) is 0.112. The third-order valence-electron chi connectivity index (χ3n) is 9.83. The molecule has 290 valence electrons. The third kappa shape index (κ3) is 8.92. The highest BCUT2D eigenvalue weighted by Crippen LogP contribution is 2.41. The number of hydrogen-bond donors (Lipinski definition) is 0. The molecule has 0 atom stereocenters. The van der Waals surface area contributed by atoms with Crippen LogP contribution in [0.2, 0.25) is 0 Å². The average Bonchev–Trinajstić information content (AvgIpc) is 3.18. The summed E-state index contributed by atoms with van der Waals surface area (Å²) in [6.45, 7) is 16.3. The van der Waals surface area contributed by atoms with Gasteiger partial charge < -0.3 is 29.4 Å². The topological polar surface area (TPSA) is 87.7 Å². The Labute approximate surface area is 331 Å². The molecule has 56 heavy (non-hydrogen) atoms. The fraction of sp³-hybridized carbons (Fsp3) is 0.261. The normalized spacial score (nSPS) is 10.7. The van der Waals surface area contributed by atoms with Crippen LogP contribution in [0.5, 0.6) is 0 Å². The van der Waals surface area contributed by atoms with Gasteiger partial charge in [-0.25, -0.2) is 0 Å². The zero-order valence-electron chi connectivity index (χ0n) is 33.7. The van der Waals surface area contributed by atoms with E-state index in [0.29, 0.717) is 26.2 Å². The van der Waals surface area contributed by atoms with E-state index in [0.717, 1.165) is 56.9 Å². The molecular weight excluding hydrogens is 701 g/mol. The van der Waals surface area contributed by atoms with Crippen molar-refractivity contribution in [3.05, 3.63) is 121 Å². The third-order valence-corrected chi connectivity index (χ3v) is 9.83. The van der Waals surface area contributed by atoms with Crippen LogP contribution >= 0.6 is 0 Å². The largest absolute Gasteiger partial charge is 0.313 e. The minimum absolute atomic E-state index is 0.0221. The van der Waals surface area contributed by atoms with Gasteiger partial charge in [0.1, 0.15) is 0 Å². The lowest BCUT2D eigenvalue weighted by Crippen LogP contribution is -2.28. The van der Waals surface area contributed by atoms with Crippen molar-refractivity contribution in [1.82, 2.24) is 0 Å². The molecule has 0 bridgehead atoms. The summed E-state index contributed by atoms with van der Waals surface area (Å²) < 4.78 is 0. The molecule has 10 heteroatoms. The molecule has 0 spiro atoms. The summed E-state index contributed by atoms with van der Waals surface area (Å²) in [7, 11) is 0. The van der Waals surface area contributed by atoms with Crippen molar-refractivity contribution in [3.8, 4) is 0 Å². The molecule has 0 aromatic heterocycles. The van der Waals surface area contributed by atoms with E-state index in [9.17, 15) is 19.2 Å². The van der Waals surface area contributed by atoms with E-state index < -0.39 is 0 Å². The first-order chi connectivity index (χ1) is 26.9. The van der Waals surface area contributed by atoms with Gasteiger partial charge in [0.25, 0.3) is 0 Å². The predicted molar refractivity (Wildman–Crippen MR) is 231 cm³/mol. The monoisotopic (exact) mass is 752 g/mol. The van der Waals surface area contributed by atoms with Gasteiger partial charge in [-0.2, -0.15) is 0 Å². The smallest absolute Gasteiger partial charge is 0.223 e. The molecule has 0 unspecified atom stereocenters. The highest BCUT2D eigenvalue weighted by atomic mass is 16.2. The minimum Gasteiger partial charge on any atom is -0.313 e. The van der Waals surface area contributed by atoms with Crippen LogP contribution in [-0.2, 0) is 19.2 Å². The predicted octanol–water partition coefficient (Wildman–Crippen LogP) is 10.1. The second-order valence-corrected chi connectivity index (χ2v) is 13.3. The summed E-state index contributed by atoms with van der Waals surface area (Å²) in [4.78, 5) is 60.5. The summed E-state index contributed by atoms with van der Waals surface area (Å²) in [6.07, 6.45) is 0. The van der Waals surface area contributed by atoms with Crippen molar-refractivity contribution in [2.45, 2.75) is 55.4 Å². The number of anilines is 10. The van der Waals surface area contributed by atoms with Crippen LogP contribution in [0.15, 0.2) is 121 Å². The van der Waals surface area contributed by atoms with Crippen LogP contribution in [0.4, 0.5) is 56.9 Å². The number of benzene rings is 5. The van der Waals surface area contributed by atoms with Crippen LogP contribution in [0.1, 0.15) is 55.4 Å². The second kappa shape index (κ2) is 18.3. The molecule has 0 aliphatic rings. The Morgan fingerprint density at radius 3 is 0.518 bits per heavy atom. The van der Waals surface area contributed by atoms with Gasteiger partial charge >= 0.3 is 0 Å². The Bertz CT molecular complexity index is 1830. The standard InChI is InChI=1S/C46H52N6O4/c1-9-47(33(5)53)37-13-21-41(22-14-37)51(42-23-15-38(16-24-42)48(10-2)34(6)54)45-29-31-46(32-30-45)52(43-25-17-39(18-26-43)49(11-3)35(7)55)44-27-19-40(20-28-44)50(12-4)36(8)56/h13-32H,9-12H2,1-8H3. The van der Waals surface area contributed by atoms with Crippen molar-refractivity contribution < 1.29 is 19.2 Å².